The molecule has 0 amide bonds. The minimum Gasteiger partial charge on any atom is -0.376 e. The van der Waals surface area contributed by atoms with Crippen molar-refractivity contribution in [1.29, 1.82) is 0 Å². The topological polar surface area (TPSA) is 36.9 Å². The first-order chi connectivity index (χ1) is 8.10. The normalized spacial score (nSPS) is 16.8. The second-order valence-electron chi connectivity index (χ2n) is 4.21. The first kappa shape index (κ1) is 16.8. The maximum absolute atomic E-state index is 5.61. The largest absolute Gasteiger partial charge is 0.376 e. The zero-order valence-corrected chi connectivity index (χ0v) is 11.9. The van der Waals surface area contributed by atoms with Gasteiger partial charge in [-0.2, -0.15) is 0 Å². The summed E-state index contributed by atoms with van der Waals surface area (Å²) in [5.41, 5.74) is 0. The molecule has 0 aliphatic carbocycles. The van der Waals surface area contributed by atoms with E-state index in [2.05, 4.69) is 0 Å². The van der Waals surface area contributed by atoms with E-state index in [4.69, 9.17) is 18.9 Å². The van der Waals surface area contributed by atoms with E-state index in [1.807, 2.05) is 34.6 Å². The van der Waals surface area contributed by atoms with Crippen molar-refractivity contribution in [3.63, 3.8) is 0 Å². The van der Waals surface area contributed by atoms with Crippen LogP contribution in [0.2, 0.25) is 0 Å². The van der Waals surface area contributed by atoms with E-state index in [9.17, 15) is 0 Å². The Morgan fingerprint density at radius 2 is 1.06 bits per heavy atom. The molecule has 0 saturated heterocycles. The Hall–Kier alpha value is -0.160. The average Bonchev–Trinajstić information content (AvgIpc) is 2.27. The Labute approximate surface area is 106 Å². The van der Waals surface area contributed by atoms with E-state index in [1.54, 1.807) is 0 Å². The van der Waals surface area contributed by atoms with Gasteiger partial charge in [-0.15, -0.1) is 0 Å². The summed E-state index contributed by atoms with van der Waals surface area (Å²) in [5, 5.41) is 0. The van der Waals surface area contributed by atoms with Crippen LogP contribution in [0.3, 0.4) is 0 Å². The molecule has 0 aromatic heterocycles. The third-order valence-electron chi connectivity index (χ3n) is 2.22. The van der Waals surface area contributed by atoms with Gasteiger partial charge in [0, 0.05) is 13.2 Å². The van der Waals surface area contributed by atoms with Crippen LogP contribution in [0.4, 0.5) is 0 Å². The molecule has 0 aliphatic heterocycles. The monoisotopic (exact) mass is 248 g/mol. The van der Waals surface area contributed by atoms with Gasteiger partial charge in [0.2, 0.25) is 0 Å². The minimum atomic E-state index is 0.0896. The Balaban J connectivity index is 3.42. The SMILES string of the molecule is CCOC(C)COCC(C)OCC(C)OCC. The Bertz CT molecular complexity index is 163. The van der Waals surface area contributed by atoms with Crippen molar-refractivity contribution in [1.82, 2.24) is 0 Å². The lowest BCUT2D eigenvalue weighted by Crippen LogP contribution is -2.25. The van der Waals surface area contributed by atoms with Crippen molar-refractivity contribution < 1.29 is 18.9 Å². The molecule has 0 heterocycles. The van der Waals surface area contributed by atoms with Gasteiger partial charge in [0.15, 0.2) is 0 Å². The van der Waals surface area contributed by atoms with E-state index in [-0.39, 0.29) is 18.3 Å². The van der Waals surface area contributed by atoms with Crippen molar-refractivity contribution in [3.05, 3.63) is 0 Å². The number of hydrogen-bond acceptors (Lipinski definition) is 4. The molecule has 104 valence electrons. The third kappa shape index (κ3) is 10.7. The van der Waals surface area contributed by atoms with Crippen molar-refractivity contribution >= 4 is 0 Å². The van der Waals surface area contributed by atoms with Crippen LogP contribution in [-0.2, 0) is 18.9 Å². The van der Waals surface area contributed by atoms with Crippen LogP contribution in [0.1, 0.15) is 34.6 Å². The standard InChI is InChI=1S/C13H28O4/c1-6-15-11(3)8-14-9-12(4)17-10-13(5)16-7-2/h11-13H,6-10H2,1-5H3. The van der Waals surface area contributed by atoms with Crippen molar-refractivity contribution in [2.45, 2.75) is 52.9 Å². The Morgan fingerprint density at radius 3 is 1.53 bits per heavy atom. The maximum atomic E-state index is 5.61. The quantitative estimate of drug-likeness (QED) is 0.562. The van der Waals surface area contributed by atoms with Crippen molar-refractivity contribution in [3.8, 4) is 0 Å². The third-order valence-corrected chi connectivity index (χ3v) is 2.22. The first-order valence-corrected chi connectivity index (χ1v) is 6.52. The minimum absolute atomic E-state index is 0.0896. The van der Waals surface area contributed by atoms with Crippen LogP contribution in [0, 0.1) is 0 Å². The highest BCUT2D eigenvalue weighted by Gasteiger charge is 2.08. The van der Waals surface area contributed by atoms with Crippen LogP contribution in [0.5, 0.6) is 0 Å². The molecule has 0 bridgehead atoms. The van der Waals surface area contributed by atoms with Gasteiger partial charge in [-0.25, -0.2) is 0 Å². The highest BCUT2D eigenvalue weighted by Crippen LogP contribution is 1.99. The first-order valence-electron chi connectivity index (χ1n) is 6.52. The summed E-state index contributed by atoms with van der Waals surface area (Å²) in [4.78, 5) is 0. The van der Waals surface area contributed by atoms with Gasteiger partial charge < -0.3 is 18.9 Å². The molecule has 3 unspecified atom stereocenters. The van der Waals surface area contributed by atoms with Gasteiger partial charge in [0.25, 0.3) is 0 Å². The fourth-order valence-electron chi connectivity index (χ4n) is 1.41. The molecule has 0 aromatic rings. The molecule has 0 aliphatic rings. The smallest absolute Gasteiger partial charge is 0.0781 e. The van der Waals surface area contributed by atoms with Gasteiger partial charge >= 0.3 is 0 Å². The summed E-state index contributed by atoms with van der Waals surface area (Å²) in [7, 11) is 0. The van der Waals surface area contributed by atoms with Crippen LogP contribution in [0.15, 0.2) is 0 Å². The van der Waals surface area contributed by atoms with E-state index < -0.39 is 0 Å². The molecule has 4 nitrogen and oxygen atoms in total. The predicted octanol–water partition coefficient (Wildman–Crippen LogP) is 2.26. The molecule has 0 aromatic carbocycles. The van der Waals surface area contributed by atoms with Crippen molar-refractivity contribution in [2.75, 3.05) is 33.0 Å². The Morgan fingerprint density at radius 1 is 0.647 bits per heavy atom. The van der Waals surface area contributed by atoms with Gasteiger partial charge in [-0.3, -0.25) is 0 Å². The molecule has 0 fully saturated rings. The molecule has 0 N–H and O–H groups in total. The fourth-order valence-corrected chi connectivity index (χ4v) is 1.41. The molecule has 17 heavy (non-hydrogen) atoms. The van der Waals surface area contributed by atoms with Gasteiger partial charge in [-0.1, -0.05) is 0 Å². The van der Waals surface area contributed by atoms with Crippen LogP contribution in [-0.4, -0.2) is 51.3 Å². The molecular weight excluding hydrogens is 220 g/mol. The summed E-state index contributed by atoms with van der Waals surface area (Å²) < 4.78 is 21.9. The molecule has 0 radical (unpaired) electrons. The summed E-state index contributed by atoms with van der Waals surface area (Å²) in [6.07, 6.45) is 0.381. The second-order valence-corrected chi connectivity index (χ2v) is 4.21. The Kier molecular flexibility index (Phi) is 10.9. The van der Waals surface area contributed by atoms with E-state index in [1.165, 1.54) is 0 Å². The summed E-state index contributed by atoms with van der Waals surface area (Å²) in [5.74, 6) is 0. The molecule has 0 saturated carbocycles. The molecule has 0 spiro atoms. The fraction of sp³-hybridized carbons (Fsp3) is 1.00. The molecular formula is C13H28O4. The van der Waals surface area contributed by atoms with Gasteiger partial charge in [0.1, 0.15) is 0 Å². The van der Waals surface area contributed by atoms with Crippen LogP contribution < -0.4 is 0 Å². The van der Waals surface area contributed by atoms with E-state index >= 15 is 0 Å². The number of rotatable bonds is 11. The summed E-state index contributed by atoms with van der Waals surface area (Å²) in [6.45, 7) is 13.3. The highest BCUT2D eigenvalue weighted by molar-refractivity contribution is 4.53. The molecule has 3 atom stereocenters. The summed E-state index contributed by atoms with van der Waals surface area (Å²) >= 11 is 0. The predicted molar refractivity (Wildman–Crippen MR) is 68.4 cm³/mol. The van der Waals surface area contributed by atoms with E-state index in [0.717, 1.165) is 13.2 Å². The van der Waals surface area contributed by atoms with Crippen molar-refractivity contribution in [2.24, 2.45) is 0 Å². The lowest BCUT2D eigenvalue weighted by atomic mass is 10.4. The zero-order chi connectivity index (χ0) is 13.1. The number of ether oxygens (including phenoxy) is 4. The van der Waals surface area contributed by atoms with E-state index in [0.29, 0.717) is 19.8 Å². The zero-order valence-electron chi connectivity index (χ0n) is 11.9. The molecule has 0 rings (SSSR count). The van der Waals surface area contributed by atoms with Gasteiger partial charge in [-0.05, 0) is 34.6 Å². The van der Waals surface area contributed by atoms with Gasteiger partial charge in [0.05, 0.1) is 38.1 Å². The number of hydrogen-bond donors (Lipinski definition) is 0. The lowest BCUT2D eigenvalue weighted by molar-refractivity contribution is -0.0696. The van der Waals surface area contributed by atoms with Crippen LogP contribution in [0.25, 0.3) is 0 Å². The summed E-state index contributed by atoms with van der Waals surface area (Å²) in [6, 6.07) is 0. The maximum Gasteiger partial charge on any atom is 0.0781 e. The highest BCUT2D eigenvalue weighted by atomic mass is 16.6. The van der Waals surface area contributed by atoms with Crippen LogP contribution >= 0.6 is 0 Å². The molecule has 4 heteroatoms. The lowest BCUT2D eigenvalue weighted by Gasteiger charge is -2.18. The average molecular weight is 248 g/mol. The second kappa shape index (κ2) is 11.0.